The molecule has 12 heteroatoms. The van der Waals surface area contributed by atoms with Gasteiger partial charge in [0.05, 0.1) is 41.1 Å². The molecule has 2 aliphatic heterocycles. The van der Waals surface area contributed by atoms with Crippen LogP contribution in [0.3, 0.4) is 0 Å². The Morgan fingerprint density at radius 1 is 1.07 bits per heavy atom. The van der Waals surface area contributed by atoms with Gasteiger partial charge in [0, 0.05) is 48.5 Å². The molecule has 1 unspecified atom stereocenters. The summed E-state index contributed by atoms with van der Waals surface area (Å²) < 4.78 is 32.6. The van der Waals surface area contributed by atoms with Gasteiger partial charge in [-0.1, -0.05) is 41.4 Å². The van der Waals surface area contributed by atoms with Gasteiger partial charge in [0.15, 0.2) is 0 Å². The van der Waals surface area contributed by atoms with Gasteiger partial charge in [0.25, 0.3) is 0 Å². The Morgan fingerprint density at radius 3 is 2.50 bits per heavy atom. The van der Waals surface area contributed by atoms with Crippen molar-refractivity contribution in [3.8, 4) is 22.6 Å². The van der Waals surface area contributed by atoms with Gasteiger partial charge in [0.1, 0.15) is 30.3 Å². The largest absolute Gasteiger partial charge is 0.493 e. The summed E-state index contributed by atoms with van der Waals surface area (Å²) in [5.41, 5.74) is 1.99. The number of anilines is 1. The Labute approximate surface area is 252 Å². The number of carboxylic acids is 1. The summed E-state index contributed by atoms with van der Waals surface area (Å²) in [6.07, 6.45) is 0.0843. The molecule has 2 aliphatic rings. The molecule has 3 aromatic carbocycles. The first-order chi connectivity index (χ1) is 20.3. The molecule has 1 saturated heterocycles. The van der Waals surface area contributed by atoms with E-state index < -0.39 is 18.0 Å². The molecule has 0 aliphatic carbocycles. The van der Waals surface area contributed by atoms with E-state index in [1.165, 1.54) is 0 Å². The smallest absolute Gasteiger partial charge is 0.337 e. The number of halogens is 3. The van der Waals surface area contributed by atoms with E-state index in [1.54, 1.807) is 35.2 Å². The minimum atomic E-state index is -1.21. The van der Waals surface area contributed by atoms with Crippen LogP contribution < -0.4 is 14.4 Å². The number of carboxylic acid groups (broad SMARTS) is 1. The van der Waals surface area contributed by atoms with Gasteiger partial charge in [-0.3, -0.25) is 0 Å². The monoisotopic (exact) mass is 620 g/mol. The molecule has 224 valence electrons. The van der Waals surface area contributed by atoms with Crippen molar-refractivity contribution in [2.75, 3.05) is 51.1 Å². The minimum absolute atomic E-state index is 0.0393. The molecule has 0 amide bonds. The highest BCUT2D eigenvalue weighted by Gasteiger charge is 2.30. The maximum Gasteiger partial charge on any atom is 0.337 e. The normalized spacial score (nSPS) is 16.1. The third-order valence-electron chi connectivity index (χ3n) is 7.28. The van der Waals surface area contributed by atoms with E-state index in [2.05, 4.69) is 0 Å². The highest BCUT2D eigenvalue weighted by atomic mass is 35.5. The molecule has 3 N–H and O–H groups in total. The van der Waals surface area contributed by atoms with Gasteiger partial charge in [-0.05, 0) is 37.1 Å². The summed E-state index contributed by atoms with van der Waals surface area (Å²) in [7, 11) is 0. The van der Waals surface area contributed by atoms with E-state index in [1.807, 2.05) is 11.0 Å². The molecule has 5 rings (SSSR count). The van der Waals surface area contributed by atoms with E-state index in [0.29, 0.717) is 79.6 Å². The van der Waals surface area contributed by atoms with Gasteiger partial charge in [-0.2, -0.15) is 0 Å². The lowest BCUT2D eigenvalue weighted by atomic mass is 9.97. The predicted octanol–water partition coefficient (Wildman–Crippen LogP) is 5.33. The van der Waals surface area contributed by atoms with Crippen LogP contribution in [0.15, 0.2) is 42.5 Å². The van der Waals surface area contributed by atoms with Gasteiger partial charge in [-0.15, -0.1) is 0 Å². The minimum Gasteiger partial charge on any atom is -0.493 e. The summed E-state index contributed by atoms with van der Waals surface area (Å²) in [5.74, 6) is -0.992. The standard InChI is InChI=1S/C30H31Cl2FN2O7/c31-23-12-19(41-9-2-1-8-36)13-24(32)27(23)29(37)35-16-18-4-3-5-20(28(18)42-17-35)21-15-26(34-6-10-40-11-7-34)22(30(38)39)14-25(21)33/h3-5,12-15,29,36-37H,1-2,6-11,16-17H2,(H,38,39). The van der Waals surface area contributed by atoms with Crippen LogP contribution in [0.25, 0.3) is 11.1 Å². The fraction of sp³-hybridized carbons (Fsp3) is 0.367. The summed E-state index contributed by atoms with van der Waals surface area (Å²) in [6, 6.07) is 11.1. The number of aromatic carboxylic acids is 1. The zero-order valence-electron chi connectivity index (χ0n) is 22.7. The SMILES string of the molecule is O=C(O)c1cc(F)c(-c2cccc3c2OCN(C(O)c2c(Cl)cc(OCCCCO)cc2Cl)C3)cc1N1CCOCC1. The molecule has 1 fully saturated rings. The number of fused-ring (bicyclic) bond motifs is 1. The quantitative estimate of drug-likeness (QED) is 0.259. The lowest BCUT2D eigenvalue weighted by Gasteiger charge is -2.34. The zero-order valence-corrected chi connectivity index (χ0v) is 24.2. The number of morpholine rings is 1. The topological polar surface area (TPSA) is 112 Å². The van der Waals surface area contributed by atoms with Crippen molar-refractivity contribution >= 4 is 34.9 Å². The number of hydrogen-bond acceptors (Lipinski definition) is 8. The van der Waals surface area contributed by atoms with Gasteiger partial charge in [-0.25, -0.2) is 14.1 Å². The Hall–Kier alpha value is -3.12. The molecule has 0 bridgehead atoms. The molecular formula is C30H31Cl2FN2O7. The number of unbranched alkanes of at least 4 members (excludes halogenated alkanes) is 1. The molecule has 42 heavy (non-hydrogen) atoms. The number of hydrogen-bond donors (Lipinski definition) is 3. The average Bonchev–Trinajstić information content (AvgIpc) is 2.98. The van der Waals surface area contributed by atoms with Gasteiger partial charge < -0.3 is 34.4 Å². The van der Waals surface area contributed by atoms with E-state index in [9.17, 15) is 15.0 Å². The number of rotatable bonds is 10. The van der Waals surface area contributed by atoms with Crippen LogP contribution in [0, 0.1) is 5.82 Å². The molecule has 1 atom stereocenters. The number of para-hydroxylation sites is 1. The zero-order chi connectivity index (χ0) is 29.8. The van der Waals surface area contributed by atoms with Crippen LogP contribution in [0.1, 0.15) is 40.6 Å². The van der Waals surface area contributed by atoms with Crippen molar-refractivity contribution < 1.29 is 38.7 Å². The summed E-state index contributed by atoms with van der Waals surface area (Å²) >= 11 is 13.0. The van der Waals surface area contributed by atoms with Gasteiger partial charge in [0.2, 0.25) is 0 Å². The van der Waals surface area contributed by atoms with Crippen molar-refractivity contribution in [3.63, 3.8) is 0 Å². The number of carbonyl (C=O) groups is 1. The Morgan fingerprint density at radius 2 is 1.81 bits per heavy atom. The molecule has 0 aromatic heterocycles. The number of nitrogens with zero attached hydrogens (tertiary/aromatic N) is 2. The molecule has 0 spiro atoms. The van der Waals surface area contributed by atoms with Crippen LogP contribution in [-0.2, 0) is 11.3 Å². The van der Waals surface area contributed by atoms with Crippen molar-refractivity contribution in [2.24, 2.45) is 0 Å². The maximum absolute atomic E-state index is 15.4. The Bertz CT molecular complexity index is 1430. The van der Waals surface area contributed by atoms with Crippen molar-refractivity contribution in [2.45, 2.75) is 25.6 Å². The molecule has 0 saturated carbocycles. The first kappa shape index (κ1) is 30.3. The lowest BCUT2D eigenvalue weighted by Crippen LogP contribution is -2.37. The van der Waals surface area contributed by atoms with E-state index in [-0.39, 0.29) is 41.1 Å². The second-order valence-electron chi connectivity index (χ2n) is 10.0. The van der Waals surface area contributed by atoms with E-state index >= 15 is 4.39 Å². The first-order valence-corrected chi connectivity index (χ1v) is 14.3. The lowest BCUT2D eigenvalue weighted by molar-refractivity contribution is -0.0564. The van der Waals surface area contributed by atoms with E-state index in [0.717, 1.165) is 6.07 Å². The summed E-state index contributed by atoms with van der Waals surface area (Å²) in [4.78, 5) is 15.4. The first-order valence-electron chi connectivity index (χ1n) is 13.6. The fourth-order valence-corrected chi connectivity index (χ4v) is 5.81. The second-order valence-corrected chi connectivity index (χ2v) is 10.8. The molecule has 9 nitrogen and oxygen atoms in total. The predicted molar refractivity (Wildman–Crippen MR) is 156 cm³/mol. The fourth-order valence-electron chi connectivity index (χ4n) is 5.14. The van der Waals surface area contributed by atoms with Crippen LogP contribution >= 0.6 is 23.2 Å². The number of ether oxygens (including phenoxy) is 3. The van der Waals surface area contributed by atoms with Gasteiger partial charge >= 0.3 is 5.97 Å². The highest BCUT2D eigenvalue weighted by Crippen LogP contribution is 2.43. The number of benzene rings is 3. The van der Waals surface area contributed by atoms with Crippen molar-refractivity contribution in [1.82, 2.24) is 4.90 Å². The highest BCUT2D eigenvalue weighted by molar-refractivity contribution is 6.36. The molecule has 3 aromatic rings. The van der Waals surface area contributed by atoms with E-state index in [4.69, 9.17) is 42.5 Å². The van der Waals surface area contributed by atoms with Crippen molar-refractivity contribution in [1.29, 1.82) is 0 Å². The third kappa shape index (κ3) is 6.44. The molecule has 0 radical (unpaired) electrons. The average molecular weight is 621 g/mol. The molecule has 2 heterocycles. The third-order valence-corrected chi connectivity index (χ3v) is 7.91. The van der Waals surface area contributed by atoms with Crippen LogP contribution in [-0.4, -0.2) is 72.4 Å². The second kappa shape index (κ2) is 13.5. The van der Waals surface area contributed by atoms with Crippen molar-refractivity contribution in [3.05, 3.63) is 75.0 Å². The summed E-state index contributed by atoms with van der Waals surface area (Å²) in [6.45, 7) is 2.56. The van der Waals surface area contributed by atoms with Crippen LogP contribution in [0.4, 0.5) is 10.1 Å². The van der Waals surface area contributed by atoms with Crippen LogP contribution in [0.2, 0.25) is 10.0 Å². The number of aliphatic hydroxyl groups is 2. The Kier molecular flexibility index (Phi) is 9.72. The number of aliphatic hydroxyl groups excluding tert-OH is 2. The maximum atomic E-state index is 15.4. The summed E-state index contributed by atoms with van der Waals surface area (Å²) in [5, 5.41) is 30.4. The van der Waals surface area contributed by atoms with Crippen LogP contribution in [0.5, 0.6) is 11.5 Å². The Balaban J connectivity index is 1.40. The molecular weight excluding hydrogens is 590 g/mol.